The average Bonchev–Trinajstić information content (AvgIpc) is 2.85. The van der Waals surface area contributed by atoms with Gasteiger partial charge in [-0.05, 0) is 32.0 Å². The van der Waals surface area contributed by atoms with Gasteiger partial charge >= 0.3 is 0 Å². The molecule has 0 bridgehead atoms. The van der Waals surface area contributed by atoms with Crippen LogP contribution in [0.5, 0.6) is 5.75 Å². The minimum Gasteiger partial charge on any atom is -0.495 e. The van der Waals surface area contributed by atoms with Crippen molar-refractivity contribution in [3.63, 3.8) is 0 Å². The second-order valence-corrected chi connectivity index (χ2v) is 5.00. The summed E-state index contributed by atoms with van der Waals surface area (Å²) in [7, 11) is 1.61. The van der Waals surface area contributed by atoms with Crippen LogP contribution in [0.4, 0.5) is 5.69 Å². The smallest absolute Gasteiger partial charge is 0.137 e. The molecule has 0 saturated carbocycles. The van der Waals surface area contributed by atoms with Crippen molar-refractivity contribution in [2.45, 2.75) is 26.4 Å². The SMILES string of the molecule is COc1ccc(NCc2cncn2C(C)C)cc1Cl. The Morgan fingerprint density at radius 3 is 2.84 bits per heavy atom. The summed E-state index contributed by atoms with van der Waals surface area (Å²) in [6.07, 6.45) is 3.72. The maximum absolute atomic E-state index is 6.09. The van der Waals surface area contributed by atoms with Crippen LogP contribution in [0.15, 0.2) is 30.7 Å². The molecule has 0 radical (unpaired) electrons. The molecule has 1 N–H and O–H groups in total. The maximum Gasteiger partial charge on any atom is 0.137 e. The zero-order valence-electron chi connectivity index (χ0n) is 11.4. The molecule has 102 valence electrons. The van der Waals surface area contributed by atoms with Gasteiger partial charge in [-0.2, -0.15) is 0 Å². The standard InChI is InChI=1S/C14H18ClN3O/c1-10(2)18-9-16-7-12(18)8-17-11-4-5-14(19-3)13(15)6-11/h4-7,9-10,17H,8H2,1-3H3. The van der Waals surface area contributed by atoms with Gasteiger partial charge in [0.25, 0.3) is 0 Å². The minimum atomic E-state index is 0.402. The molecule has 0 fully saturated rings. The Labute approximate surface area is 118 Å². The van der Waals surface area contributed by atoms with Crippen LogP contribution >= 0.6 is 11.6 Å². The summed E-state index contributed by atoms with van der Waals surface area (Å²) < 4.78 is 7.26. The molecular formula is C14H18ClN3O. The van der Waals surface area contributed by atoms with Crippen LogP contribution in [0.3, 0.4) is 0 Å². The van der Waals surface area contributed by atoms with E-state index in [0.29, 0.717) is 23.4 Å². The number of hydrogen-bond donors (Lipinski definition) is 1. The topological polar surface area (TPSA) is 39.1 Å². The molecule has 0 aliphatic heterocycles. The summed E-state index contributed by atoms with van der Waals surface area (Å²) in [6.45, 7) is 4.98. The Morgan fingerprint density at radius 2 is 2.21 bits per heavy atom. The van der Waals surface area contributed by atoms with E-state index in [1.807, 2.05) is 30.7 Å². The molecule has 2 aromatic rings. The quantitative estimate of drug-likeness (QED) is 0.906. The Morgan fingerprint density at radius 1 is 1.42 bits per heavy atom. The van der Waals surface area contributed by atoms with Crippen molar-refractivity contribution < 1.29 is 4.74 Å². The predicted octanol–water partition coefficient (Wildman–Crippen LogP) is 3.74. The van der Waals surface area contributed by atoms with Crippen LogP contribution < -0.4 is 10.1 Å². The normalized spacial score (nSPS) is 10.8. The van der Waals surface area contributed by atoms with E-state index in [2.05, 4.69) is 28.7 Å². The van der Waals surface area contributed by atoms with Crippen molar-refractivity contribution in [2.75, 3.05) is 12.4 Å². The van der Waals surface area contributed by atoms with Gasteiger partial charge in [-0.1, -0.05) is 11.6 Å². The number of aromatic nitrogens is 2. The van der Waals surface area contributed by atoms with Crippen molar-refractivity contribution in [1.82, 2.24) is 9.55 Å². The Hall–Kier alpha value is -1.68. The zero-order valence-corrected chi connectivity index (χ0v) is 12.1. The van der Waals surface area contributed by atoms with E-state index < -0.39 is 0 Å². The number of halogens is 1. The van der Waals surface area contributed by atoms with Gasteiger partial charge in [0.05, 0.1) is 30.7 Å². The fraction of sp³-hybridized carbons (Fsp3) is 0.357. The highest BCUT2D eigenvalue weighted by Crippen LogP contribution is 2.27. The van der Waals surface area contributed by atoms with Gasteiger partial charge < -0.3 is 14.6 Å². The van der Waals surface area contributed by atoms with Gasteiger partial charge in [0.1, 0.15) is 5.75 Å². The summed E-state index contributed by atoms with van der Waals surface area (Å²) >= 11 is 6.09. The highest BCUT2D eigenvalue weighted by Gasteiger charge is 2.06. The molecule has 1 aromatic heterocycles. The van der Waals surface area contributed by atoms with Gasteiger partial charge in [-0.15, -0.1) is 0 Å². The van der Waals surface area contributed by atoms with E-state index in [4.69, 9.17) is 16.3 Å². The number of methoxy groups -OCH3 is 1. The van der Waals surface area contributed by atoms with E-state index in [1.54, 1.807) is 7.11 Å². The van der Waals surface area contributed by atoms with E-state index in [9.17, 15) is 0 Å². The summed E-state index contributed by atoms with van der Waals surface area (Å²) in [5.74, 6) is 0.680. The second kappa shape index (κ2) is 5.97. The lowest BCUT2D eigenvalue weighted by atomic mass is 10.3. The van der Waals surface area contributed by atoms with Crippen molar-refractivity contribution in [2.24, 2.45) is 0 Å². The Bertz CT molecular complexity index is 551. The number of anilines is 1. The summed E-state index contributed by atoms with van der Waals surface area (Å²) in [4.78, 5) is 4.18. The molecule has 0 aliphatic carbocycles. The second-order valence-electron chi connectivity index (χ2n) is 4.59. The van der Waals surface area contributed by atoms with Crippen molar-refractivity contribution in [1.29, 1.82) is 0 Å². The van der Waals surface area contributed by atoms with Crippen LogP contribution in [0.2, 0.25) is 5.02 Å². The van der Waals surface area contributed by atoms with E-state index in [-0.39, 0.29) is 0 Å². The molecule has 1 aromatic carbocycles. The zero-order chi connectivity index (χ0) is 13.8. The average molecular weight is 280 g/mol. The molecule has 0 spiro atoms. The molecule has 0 aliphatic rings. The lowest BCUT2D eigenvalue weighted by Crippen LogP contribution is -2.08. The van der Waals surface area contributed by atoms with Crippen molar-refractivity contribution in [3.8, 4) is 5.75 Å². The predicted molar refractivity (Wildman–Crippen MR) is 77.9 cm³/mol. The third-order valence-electron chi connectivity index (χ3n) is 2.93. The molecule has 5 heteroatoms. The van der Waals surface area contributed by atoms with Crippen molar-refractivity contribution in [3.05, 3.63) is 41.4 Å². The van der Waals surface area contributed by atoms with E-state index in [1.165, 1.54) is 0 Å². The number of rotatable bonds is 5. The van der Waals surface area contributed by atoms with Crippen LogP contribution in [0.1, 0.15) is 25.6 Å². The Kier molecular flexibility index (Phi) is 4.32. The summed E-state index contributed by atoms with van der Waals surface area (Å²) in [5.41, 5.74) is 2.10. The highest BCUT2D eigenvalue weighted by atomic mass is 35.5. The van der Waals surface area contributed by atoms with Gasteiger partial charge in [-0.3, -0.25) is 0 Å². The highest BCUT2D eigenvalue weighted by molar-refractivity contribution is 6.32. The molecule has 0 amide bonds. The molecule has 0 atom stereocenters. The number of benzene rings is 1. The summed E-state index contributed by atoms with van der Waals surface area (Å²) in [6, 6.07) is 6.06. The number of nitrogens with zero attached hydrogens (tertiary/aromatic N) is 2. The first-order chi connectivity index (χ1) is 9.11. The van der Waals surface area contributed by atoms with Gasteiger partial charge in [0.15, 0.2) is 0 Å². The van der Waals surface area contributed by atoms with Crippen LogP contribution in [0.25, 0.3) is 0 Å². The summed E-state index contributed by atoms with van der Waals surface area (Å²) in [5, 5.41) is 3.94. The minimum absolute atomic E-state index is 0.402. The lowest BCUT2D eigenvalue weighted by molar-refractivity contribution is 0.415. The van der Waals surface area contributed by atoms with E-state index >= 15 is 0 Å². The number of imidazole rings is 1. The van der Waals surface area contributed by atoms with Crippen LogP contribution in [-0.2, 0) is 6.54 Å². The molecule has 19 heavy (non-hydrogen) atoms. The first-order valence-corrected chi connectivity index (χ1v) is 6.57. The van der Waals surface area contributed by atoms with Crippen molar-refractivity contribution >= 4 is 17.3 Å². The number of ether oxygens (including phenoxy) is 1. The fourth-order valence-electron chi connectivity index (χ4n) is 1.90. The van der Waals surface area contributed by atoms with Gasteiger partial charge in [0.2, 0.25) is 0 Å². The molecule has 0 unspecified atom stereocenters. The Balaban J connectivity index is 2.06. The van der Waals surface area contributed by atoms with Gasteiger partial charge in [-0.25, -0.2) is 4.98 Å². The molecule has 4 nitrogen and oxygen atoms in total. The molecule has 1 heterocycles. The molecule has 0 saturated heterocycles. The third-order valence-corrected chi connectivity index (χ3v) is 3.22. The molecular weight excluding hydrogens is 262 g/mol. The first-order valence-electron chi connectivity index (χ1n) is 6.20. The number of nitrogens with one attached hydrogen (secondary N) is 1. The van der Waals surface area contributed by atoms with Gasteiger partial charge in [0, 0.05) is 17.9 Å². The first kappa shape index (κ1) is 13.7. The third kappa shape index (κ3) is 3.20. The fourth-order valence-corrected chi connectivity index (χ4v) is 2.16. The maximum atomic E-state index is 6.09. The lowest BCUT2D eigenvalue weighted by Gasteiger charge is -2.13. The van der Waals surface area contributed by atoms with E-state index in [0.717, 1.165) is 11.4 Å². The largest absolute Gasteiger partial charge is 0.495 e. The monoisotopic (exact) mass is 279 g/mol. The van der Waals surface area contributed by atoms with Crippen LogP contribution in [-0.4, -0.2) is 16.7 Å². The van der Waals surface area contributed by atoms with Crippen LogP contribution in [0, 0.1) is 0 Å². The number of hydrogen-bond acceptors (Lipinski definition) is 3. The molecule has 2 rings (SSSR count).